The van der Waals surface area contributed by atoms with Crippen LogP contribution in [0.4, 0.5) is 0 Å². The van der Waals surface area contributed by atoms with Crippen LogP contribution in [0.1, 0.15) is 33.3 Å². The number of benzene rings is 1. The van der Waals surface area contributed by atoms with E-state index in [-0.39, 0.29) is 11.5 Å². The molecule has 1 aromatic carbocycles. The molecular weight excluding hydrogens is 388 g/mol. The van der Waals surface area contributed by atoms with Crippen LogP contribution in [0.2, 0.25) is 0 Å². The molecule has 5 atom stereocenters. The first kappa shape index (κ1) is 20.2. The quantitative estimate of drug-likeness (QED) is 0.692. The SMILES string of the molecule is Cc1ccc(S(=O)(=O)OC2C3OC(C)(C)O[C@H]3O[C@@H]2C2COC(C)(C)O2)cc1. The van der Waals surface area contributed by atoms with E-state index in [9.17, 15) is 8.42 Å². The summed E-state index contributed by atoms with van der Waals surface area (Å²) in [4.78, 5) is 0.0717. The Hall–Kier alpha value is -1.07. The van der Waals surface area contributed by atoms with E-state index in [2.05, 4.69) is 0 Å². The van der Waals surface area contributed by atoms with E-state index in [0.717, 1.165) is 5.56 Å². The van der Waals surface area contributed by atoms with Gasteiger partial charge in [0.25, 0.3) is 10.1 Å². The van der Waals surface area contributed by atoms with Crippen molar-refractivity contribution in [1.82, 2.24) is 0 Å². The predicted octanol–water partition coefficient (Wildman–Crippen LogP) is 2.10. The lowest BCUT2D eigenvalue weighted by Crippen LogP contribution is -2.45. The smallest absolute Gasteiger partial charge is 0.297 e. The van der Waals surface area contributed by atoms with Crippen LogP contribution in [0.25, 0.3) is 0 Å². The van der Waals surface area contributed by atoms with Crippen LogP contribution >= 0.6 is 0 Å². The van der Waals surface area contributed by atoms with E-state index >= 15 is 0 Å². The van der Waals surface area contributed by atoms with Gasteiger partial charge in [-0.1, -0.05) is 17.7 Å². The molecule has 9 heteroatoms. The first-order valence-electron chi connectivity index (χ1n) is 9.29. The van der Waals surface area contributed by atoms with Crippen LogP contribution < -0.4 is 0 Å². The van der Waals surface area contributed by atoms with Gasteiger partial charge in [-0.2, -0.15) is 8.42 Å². The summed E-state index contributed by atoms with van der Waals surface area (Å²) in [5.74, 6) is -1.69. The number of aryl methyl sites for hydroxylation is 1. The Labute approximate surface area is 165 Å². The van der Waals surface area contributed by atoms with Gasteiger partial charge in [0.1, 0.15) is 24.4 Å². The molecule has 8 nitrogen and oxygen atoms in total. The molecule has 3 heterocycles. The summed E-state index contributed by atoms with van der Waals surface area (Å²) in [5.41, 5.74) is 0.953. The van der Waals surface area contributed by atoms with E-state index in [1.54, 1.807) is 39.8 Å². The highest BCUT2D eigenvalue weighted by Gasteiger charge is 2.60. The summed E-state index contributed by atoms with van der Waals surface area (Å²) in [5, 5.41) is 0. The van der Waals surface area contributed by atoms with Gasteiger partial charge in [-0.25, -0.2) is 0 Å². The van der Waals surface area contributed by atoms with Crippen LogP contribution in [0.5, 0.6) is 0 Å². The second-order valence-electron chi connectivity index (χ2n) is 8.26. The predicted molar refractivity (Wildman–Crippen MR) is 96.8 cm³/mol. The average molecular weight is 414 g/mol. The summed E-state index contributed by atoms with van der Waals surface area (Å²) in [6.45, 7) is 9.20. The van der Waals surface area contributed by atoms with E-state index in [1.165, 1.54) is 12.1 Å². The standard InChI is InChI=1S/C19H26O8S/c1-11-6-8-12(9-7-11)28(20,21)27-15-14(13-10-22-18(2,3)24-13)23-17-16(15)25-19(4,5)26-17/h6-9,13-17H,10H2,1-5H3/t13?,14-,15?,16?,17-/m1/s1. The fraction of sp³-hybridized carbons (Fsp3) is 0.684. The lowest BCUT2D eigenvalue weighted by atomic mass is 10.1. The molecular formula is C19H26O8S. The molecule has 3 unspecified atom stereocenters. The van der Waals surface area contributed by atoms with Crippen molar-refractivity contribution in [3.05, 3.63) is 29.8 Å². The largest absolute Gasteiger partial charge is 0.348 e. The third kappa shape index (κ3) is 3.85. The monoisotopic (exact) mass is 414 g/mol. The van der Waals surface area contributed by atoms with Crippen LogP contribution in [0.15, 0.2) is 29.2 Å². The first-order chi connectivity index (χ1) is 13.0. The maximum Gasteiger partial charge on any atom is 0.297 e. The maximum absolute atomic E-state index is 12.9. The summed E-state index contributed by atoms with van der Waals surface area (Å²) in [7, 11) is -4.04. The molecule has 3 fully saturated rings. The Morgan fingerprint density at radius 1 is 0.964 bits per heavy atom. The molecule has 4 rings (SSSR count). The fourth-order valence-electron chi connectivity index (χ4n) is 3.70. The van der Waals surface area contributed by atoms with Crippen molar-refractivity contribution < 1.29 is 36.3 Å². The number of hydrogen-bond donors (Lipinski definition) is 0. The molecule has 156 valence electrons. The molecule has 0 bridgehead atoms. The van der Waals surface area contributed by atoms with Crippen molar-refractivity contribution in [3.63, 3.8) is 0 Å². The van der Waals surface area contributed by atoms with E-state index < -0.39 is 52.4 Å². The molecule has 1 aromatic rings. The van der Waals surface area contributed by atoms with Gasteiger partial charge in [0.05, 0.1) is 11.5 Å². The summed E-state index contributed by atoms with van der Waals surface area (Å²) < 4.78 is 60.5. The summed E-state index contributed by atoms with van der Waals surface area (Å²) in [6.07, 6.45) is -3.60. The van der Waals surface area contributed by atoms with Gasteiger partial charge >= 0.3 is 0 Å². The zero-order valence-electron chi connectivity index (χ0n) is 16.6. The molecule has 28 heavy (non-hydrogen) atoms. The van der Waals surface area contributed by atoms with Crippen molar-refractivity contribution in [2.75, 3.05) is 6.61 Å². The van der Waals surface area contributed by atoms with Crippen molar-refractivity contribution in [3.8, 4) is 0 Å². The maximum atomic E-state index is 12.9. The van der Waals surface area contributed by atoms with Gasteiger partial charge in [-0.3, -0.25) is 4.18 Å². The lowest BCUT2D eigenvalue weighted by Gasteiger charge is -2.28. The summed E-state index contributed by atoms with van der Waals surface area (Å²) >= 11 is 0. The molecule has 3 saturated heterocycles. The van der Waals surface area contributed by atoms with Gasteiger partial charge in [0.2, 0.25) is 0 Å². The van der Waals surface area contributed by atoms with Crippen LogP contribution in [-0.4, -0.2) is 57.3 Å². The number of fused-ring (bicyclic) bond motifs is 1. The molecule has 0 amide bonds. The van der Waals surface area contributed by atoms with Crippen molar-refractivity contribution in [1.29, 1.82) is 0 Å². The van der Waals surface area contributed by atoms with Gasteiger partial charge in [0.15, 0.2) is 17.9 Å². The molecule has 0 saturated carbocycles. The van der Waals surface area contributed by atoms with E-state index in [1.807, 2.05) is 6.92 Å². The number of ether oxygens (including phenoxy) is 5. The highest BCUT2D eigenvalue weighted by Crippen LogP contribution is 2.42. The Balaban J connectivity index is 1.61. The normalized spacial score (nSPS) is 36.5. The lowest BCUT2D eigenvalue weighted by molar-refractivity contribution is -0.230. The van der Waals surface area contributed by atoms with Crippen molar-refractivity contribution in [2.45, 2.75) is 81.8 Å². The second kappa shape index (κ2) is 6.73. The minimum absolute atomic E-state index is 0.0717. The first-order valence-corrected chi connectivity index (χ1v) is 10.7. The number of rotatable bonds is 4. The minimum Gasteiger partial charge on any atom is -0.348 e. The van der Waals surface area contributed by atoms with E-state index in [4.69, 9.17) is 27.9 Å². The molecule has 0 radical (unpaired) electrons. The Kier molecular flexibility index (Phi) is 4.86. The average Bonchev–Trinajstić information content (AvgIpc) is 3.18. The van der Waals surface area contributed by atoms with Gasteiger partial charge < -0.3 is 23.7 Å². The Morgan fingerprint density at radius 2 is 1.64 bits per heavy atom. The molecule has 3 aliphatic heterocycles. The van der Waals surface area contributed by atoms with Crippen molar-refractivity contribution in [2.24, 2.45) is 0 Å². The van der Waals surface area contributed by atoms with Crippen LogP contribution in [0.3, 0.4) is 0 Å². The Bertz CT molecular complexity index is 832. The Morgan fingerprint density at radius 3 is 2.25 bits per heavy atom. The van der Waals surface area contributed by atoms with Gasteiger partial charge in [0, 0.05) is 0 Å². The zero-order valence-corrected chi connectivity index (χ0v) is 17.4. The highest BCUT2D eigenvalue weighted by atomic mass is 32.2. The molecule has 0 aliphatic carbocycles. The highest BCUT2D eigenvalue weighted by molar-refractivity contribution is 7.86. The molecule has 0 spiro atoms. The van der Waals surface area contributed by atoms with Crippen LogP contribution in [0, 0.1) is 6.92 Å². The van der Waals surface area contributed by atoms with Gasteiger partial charge in [-0.05, 0) is 46.8 Å². The van der Waals surface area contributed by atoms with Gasteiger partial charge in [-0.15, -0.1) is 0 Å². The molecule has 3 aliphatic rings. The minimum atomic E-state index is -4.04. The van der Waals surface area contributed by atoms with Crippen LogP contribution in [-0.2, 0) is 38.0 Å². The van der Waals surface area contributed by atoms with E-state index in [0.29, 0.717) is 0 Å². The summed E-state index contributed by atoms with van der Waals surface area (Å²) in [6, 6.07) is 6.47. The molecule has 0 aromatic heterocycles. The second-order valence-corrected chi connectivity index (χ2v) is 9.84. The third-order valence-electron chi connectivity index (χ3n) is 4.97. The zero-order chi connectivity index (χ0) is 20.3. The van der Waals surface area contributed by atoms with Crippen molar-refractivity contribution >= 4 is 10.1 Å². The molecule has 0 N–H and O–H groups in total. The fourth-order valence-corrected chi connectivity index (χ4v) is 4.79. The topological polar surface area (TPSA) is 89.5 Å². The third-order valence-corrected chi connectivity index (χ3v) is 6.30. The number of hydrogen-bond acceptors (Lipinski definition) is 8.